The largest absolute Gasteiger partial charge is 0.480 e. The van der Waals surface area contributed by atoms with Gasteiger partial charge >= 0.3 is 5.97 Å². The molecule has 1 aliphatic carbocycles. The minimum atomic E-state index is -0.676. The molecule has 0 heterocycles. The number of benzene rings is 1. The maximum atomic E-state index is 11.2. The number of carboxylic acids is 1. The zero-order valence-electron chi connectivity index (χ0n) is 21.4. The van der Waals surface area contributed by atoms with Gasteiger partial charge in [0.15, 0.2) is 0 Å². The smallest absolute Gasteiger partial charge is 0.324 e. The van der Waals surface area contributed by atoms with Crippen molar-refractivity contribution in [1.82, 2.24) is 5.32 Å². The fourth-order valence-corrected chi connectivity index (χ4v) is 3.90. The predicted octanol–water partition coefficient (Wildman–Crippen LogP) is 6.60. The van der Waals surface area contributed by atoms with Crippen molar-refractivity contribution in [3.8, 4) is 0 Å². The van der Waals surface area contributed by atoms with Gasteiger partial charge in [-0.05, 0) is 56.4 Å². The fourth-order valence-electron chi connectivity index (χ4n) is 3.84. The van der Waals surface area contributed by atoms with Crippen LogP contribution in [0, 0.1) is 18.8 Å². The van der Waals surface area contributed by atoms with E-state index >= 15 is 0 Å². The molecule has 6 heteroatoms. The lowest BCUT2D eigenvalue weighted by atomic mass is 9.91. The highest BCUT2D eigenvalue weighted by Gasteiger charge is 2.61. The minimum absolute atomic E-state index is 0.344. The second-order valence-corrected chi connectivity index (χ2v) is 8.56. The summed E-state index contributed by atoms with van der Waals surface area (Å²) in [5, 5.41) is 12.8. The predicted molar refractivity (Wildman–Crippen MR) is 144 cm³/mol. The second-order valence-electron chi connectivity index (χ2n) is 8.12. The molecule has 0 amide bonds. The van der Waals surface area contributed by atoms with E-state index < -0.39 is 11.5 Å². The Morgan fingerprint density at radius 2 is 1.76 bits per heavy atom. The molecule has 0 aliphatic heterocycles. The Morgan fingerprint density at radius 1 is 1.21 bits per heavy atom. The molecule has 5 nitrogen and oxygen atoms in total. The van der Waals surface area contributed by atoms with E-state index in [2.05, 4.69) is 63.9 Å². The average Bonchev–Trinajstić information content (AvgIpc) is 3.62. The van der Waals surface area contributed by atoms with Crippen LogP contribution in [0.2, 0.25) is 0 Å². The van der Waals surface area contributed by atoms with Crippen LogP contribution in [0.25, 0.3) is 5.57 Å². The van der Waals surface area contributed by atoms with Crippen molar-refractivity contribution in [2.45, 2.75) is 65.3 Å². The normalized spacial score (nSPS) is 19.6. The molecule has 34 heavy (non-hydrogen) atoms. The summed E-state index contributed by atoms with van der Waals surface area (Å²) in [6.45, 7) is 16.1. The quantitative estimate of drug-likeness (QED) is 0.360. The van der Waals surface area contributed by atoms with Gasteiger partial charge in [0, 0.05) is 5.03 Å². The highest BCUT2D eigenvalue weighted by atomic mass is 35.5. The summed E-state index contributed by atoms with van der Waals surface area (Å²) in [4.78, 5) is 27.2. The van der Waals surface area contributed by atoms with Gasteiger partial charge in [0.1, 0.15) is 19.1 Å². The maximum Gasteiger partial charge on any atom is 0.324 e. The summed E-state index contributed by atoms with van der Waals surface area (Å²) in [5.74, 6) is 0.245. The number of nitrogens with one attached hydrogen (secondary N) is 1. The lowest BCUT2D eigenvalue weighted by molar-refractivity contribution is -0.141. The number of aliphatic carboxylic acids is 1. The van der Waals surface area contributed by atoms with E-state index in [1.54, 1.807) is 13.1 Å². The summed E-state index contributed by atoms with van der Waals surface area (Å²) in [7, 11) is 1.76. The lowest BCUT2D eigenvalue weighted by Gasteiger charge is -2.18. The first kappa shape index (κ1) is 33.7. The number of allylic oxidation sites excluding steroid dienone is 5. The summed E-state index contributed by atoms with van der Waals surface area (Å²) < 4.78 is 0. The molecule has 3 atom stereocenters. The van der Waals surface area contributed by atoms with Crippen molar-refractivity contribution < 1.29 is 19.5 Å². The van der Waals surface area contributed by atoms with E-state index in [9.17, 15) is 9.90 Å². The van der Waals surface area contributed by atoms with Crippen LogP contribution in [-0.4, -0.2) is 37.2 Å². The number of rotatable bonds is 10. The van der Waals surface area contributed by atoms with Gasteiger partial charge in [0.05, 0.1) is 0 Å². The Morgan fingerprint density at radius 3 is 2.15 bits per heavy atom. The first-order chi connectivity index (χ1) is 16.2. The Labute approximate surface area is 211 Å². The number of unbranched alkanes of at least 4 members (excludes halogenated alkanes) is 1. The number of carboxylic acid groups (broad SMARTS) is 1. The van der Waals surface area contributed by atoms with Crippen LogP contribution in [0.1, 0.15) is 64.0 Å². The third kappa shape index (κ3) is 11.1. The van der Waals surface area contributed by atoms with Gasteiger partial charge in [0.25, 0.3) is 0 Å². The third-order valence-electron chi connectivity index (χ3n) is 6.06. The van der Waals surface area contributed by atoms with E-state index in [0.29, 0.717) is 16.9 Å². The summed E-state index contributed by atoms with van der Waals surface area (Å²) in [5.41, 5.74) is 3.07. The molecule has 1 aromatic rings. The molecule has 1 aromatic carbocycles. The van der Waals surface area contributed by atoms with Crippen LogP contribution in [-0.2, 0) is 14.4 Å². The van der Waals surface area contributed by atoms with E-state index in [4.69, 9.17) is 21.2 Å². The number of halogens is 1. The minimum Gasteiger partial charge on any atom is -0.480 e. The Kier molecular flexibility index (Phi) is 18.7. The van der Waals surface area contributed by atoms with Crippen molar-refractivity contribution in [2.24, 2.45) is 11.8 Å². The standard InChI is InChI=1S/C14H15Cl.C12H23NO2.2CH2O/c1-4-14(15)10-7-12(3)13-8-5-11(2)6-9-13;1-4-6-7-9(5-2)10-8-12(10,13-3)11(14)15;2*1-2/h4-10H,1H2,2-3H3;9-10,13H,4-8H2,1-3H3,(H,14,15);2*1H2/b12-7+,14-10+;;;. The zero-order chi connectivity index (χ0) is 26.7. The lowest BCUT2D eigenvalue weighted by Crippen LogP contribution is -2.40. The van der Waals surface area contributed by atoms with Crippen LogP contribution in [0.4, 0.5) is 0 Å². The van der Waals surface area contributed by atoms with E-state index in [1.165, 1.54) is 36.0 Å². The number of hydrogen-bond donors (Lipinski definition) is 2. The Hall–Kier alpha value is -2.50. The van der Waals surface area contributed by atoms with Crippen LogP contribution >= 0.6 is 11.6 Å². The van der Waals surface area contributed by atoms with Crippen molar-refractivity contribution in [1.29, 1.82) is 0 Å². The fraction of sp³-hybridized carbons (Fsp3) is 0.464. The van der Waals surface area contributed by atoms with E-state index in [1.807, 2.05) is 25.7 Å². The molecule has 3 unspecified atom stereocenters. The van der Waals surface area contributed by atoms with Gasteiger partial charge in [-0.15, -0.1) is 0 Å². The highest BCUT2D eigenvalue weighted by Crippen LogP contribution is 2.50. The second kappa shape index (κ2) is 18.9. The molecule has 2 rings (SSSR count). The first-order valence-electron chi connectivity index (χ1n) is 11.5. The number of carbonyl (C=O) groups excluding carboxylic acids is 2. The molecular weight excluding hydrogens is 450 g/mol. The van der Waals surface area contributed by atoms with Crippen molar-refractivity contribution in [3.05, 3.63) is 65.2 Å². The van der Waals surface area contributed by atoms with Gasteiger partial charge in [-0.2, -0.15) is 0 Å². The Balaban J connectivity index is 0. The van der Waals surface area contributed by atoms with Crippen LogP contribution < -0.4 is 5.32 Å². The molecule has 2 N–H and O–H groups in total. The monoisotopic (exact) mass is 491 g/mol. The SMILES string of the molecule is C=C/C(Cl)=C\C=C(/C)c1ccc(C)cc1.C=O.C=O.CCCCC(CC)C1CC1(NC)C(=O)O. The molecule has 0 bridgehead atoms. The maximum absolute atomic E-state index is 11.2. The zero-order valence-corrected chi connectivity index (χ0v) is 22.2. The van der Waals surface area contributed by atoms with E-state index in [0.717, 1.165) is 12.8 Å². The van der Waals surface area contributed by atoms with Gasteiger partial charge in [-0.1, -0.05) is 99.7 Å². The number of aryl methyl sites for hydroxylation is 1. The molecule has 1 aliphatic rings. The number of hydrogen-bond acceptors (Lipinski definition) is 4. The molecule has 0 spiro atoms. The highest BCUT2D eigenvalue weighted by molar-refractivity contribution is 6.31. The first-order valence-corrected chi connectivity index (χ1v) is 11.9. The molecule has 0 radical (unpaired) electrons. The van der Waals surface area contributed by atoms with E-state index in [-0.39, 0.29) is 0 Å². The summed E-state index contributed by atoms with van der Waals surface area (Å²) in [6, 6.07) is 8.42. The summed E-state index contributed by atoms with van der Waals surface area (Å²) in [6.07, 6.45) is 11.0. The van der Waals surface area contributed by atoms with Gasteiger partial charge in [-0.25, -0.2) is 0 Å². The molecule has 0 aromatic heterocycles. The van der Waals surface area contributed by atoms with Crippen molar-refractivity contribution >= 4 is 36.7 Å². The molecule has 0 saturated heterocycles. The van der Waals surface area contributed by atoms with Crippen LogP contribution in [0.15, 0.2) is 54.1 Å². The van der Waals surface area contributed by atoms with Crippen molar-refractivity contribution in [2.75, 3.05) is 7.05 Å². The Bertz CT molecular complexity index is 786. The van der Waals surface area contributed by atoms with Gasteiger partial charge < -0.3 is 20.0 Å². The van der Waals surface area contributed by atoms with Crippen LogP contribution in [0.3, 0.4) is 0 Å². The number of carbonyl (C=O) groups is 3. The van der Waals surface area contributed by atoms with Crippen LogP contribution in [0.5, 0.6) is 0 Å². The molecule has 1 saturated carbocycles. The van der Waals surface area contributed by atoms with Crippen molar-refractivity contribution in [3.63, 3.8) is 0 Å². The molecule has 190 valence electrons. The van der Waals surface area contributed by atoms with Gasteiger partial charge in [-0.3, -0.25) is 4.79 Å². The third-order valence-corrected chi connectivity index (χ3v) is 6.34. The molecule has 1 fully saturated rings. The molecular formula is C28H42ClNO4. The average molecular weight is 492 g/mol. The summed E-state index contributed by atoms with van der Waals surface area (Å²) >= 11 is 5.82. The van der Waals surface area contributed by atoms with Gasteiger partial charge in [0.2, 0.25) is 0 Å². The number of likely N-dealkylation sites (N-methyl/N-ethyl adjacent to an activating group) is 1. The topological polar surface area (TPSA) is 83.5 Å².